The molecule has 0 aromatic heterocycles. The molecule has 1 amide bonds. The normalized spacial score (nSPS) is 9.95. The summed E-state index contributed by atoms with van der Waals surface area (Å²) in [6.07, 6.45) is 0. The highest BCUT2D eigenvalue weighted by molar-refractivity contribution is 5.81. The molecule has 0 bridgehead atoms. The molecule has 0 aliphatic carbocycles. The quantitative estimate of drug-likeness (QED) is 0.822. The highest BCUT2D eigenvalue weighted by Gasteiger charge is 2.05. The SMILES string of the molecule is CCOc1ccccc1NCC(=O)NCc1ccccc1. The van der Waals surface area contributed by atoms with E-state index in [0.29, 0.717) is 13.2 Å². The van der Waals surface area contributed by atoms with E-state index in [1.807, 2.05) is 61.5 Å². The lowest BCUT2D eigenvalue weighted by Gasteiger charge is -2.12. The monoisotopic (exact) mass is 284 g/mol. The standard InChI is InChI=1S/C17H20N2O2/c1-2-21-16-11-7-6-10-15(16)18-13-17(20)19-12-14-8-4-3-5-9-14/h3-11,18H,2,12-13H2,1H3,(H,19,20). The first kappa shape index (κ1) is 14.9. The third kappa shape index (κ3) is 4.84. The predicted molar refractivity (Wildman–Crippen MR) is 84.4 cm³/mol. The second-order valence-corrected chi connectivity index (χ2v) is 4.55. The molecule has 110 valence electrons. The topological polar surface area (TPSA) is 50.4 Å². The third-order valence-electron chi connectivity index (χ3n) is 2.96. The minimum Gasteiger partial charge on any atom is -0.492 e. The van der Waals surface area contributed by atoms with Gasteiger partial charge >= 0.3 is 0 Å². The molecule has 0 saturated heterocycles. The Bertz CT molecular complexity index is 570. The number of anilines is 1. The van der Waals surface area contributed by atoms with E-state index in [0.717, 1.165) is 17.0 Å². The Balaban J connectivity index is 1.81. The average molecular weight is 284 g/mol. The number of hydrogen-bond donors (Lipinski definition) is 2. The fraction of sp³-hybridized carbons (Fsp3) is 0.235. The van der Waals surface area contributed by atoms with Crippen LogP contribution in [0.1, 0.15) is 12.5 Å². The first-order chi connectivity index (χ1) is 10.3. The van der Waals surface area contributed by atoms with Crippen molar-refractivity contribution in [1.29, 1.82) is 0 Å². The molecule has 0 heterocycles. The average Bonchev–Trinajstić information content (AvgIpc) is 2.53. The number of carbonyl (C=O) groups is 1. The van der Waals surface area contributed by atoms with Crippen molar-refractivity contribution in [3.05, 3.63) is 60.2 Å². The molecule has 0 fully saturated rings. The van der Waals surface area contributed by atoms with Crippen LogP contribution in [0.4, 0.5) is 5.69 Å². The molecule has 0 unspecified atom stereocenters. The molecular weight excluding hydrogens is 264 g/mol. The van der Waals surface area contributed by atoms with Crippen LogP contribution in [0.15, 0.2) is 54.6 Å². The van der Waals surface area contributed by atoms with Gasteiger partial charge < -0.3 is 15.4 Å². The van der Waals surface area contributed by atoms with Crippen molar-refractivity contribution < 1.29 is 9.53 Å². The maximum absolute atomic E-state index is 11.8. The van der Waals surface area contributed by atoms with Gasteiger partial charge in [-0.25, -0.2) is 0 Å². The zero-order valence-corrected chi connectivity index (χ0v) is 12.1. The van der Waals surface area contributed by atoms with Crippen LogP contribution in [0, 0.1) is 0 Å². The molecule has 2 aromatic carbocycles. The van der Waals surface area contributed by atoms with Gasteiger partial charge in [-0.2, -0.15) is 0 Å². The molecule has 2 aromatic rings. The summed E-state index contributed by atoms with van der Waals surface area (Å²) in [5.74, 6) is 0.709. The maximum atomic E-state index is 11.8. The Morgan fingerprint density at radius 1 is 1.05 bits per heavy atom. The number of hydrogen-bond acceptors (Lipinski definition) is 3. The van der Waals surface area contributed by atoms with Crippen LogP contribution in [-0.4, -0.2) is 19.1 Å². The van der Waals surface area contributed by atoms with Crippen molar-refractivity contribution in [3.8, 4) is 5.75 Å². The van der Waals surface area contributed by atoms with Crippen molar-refractivity contribution >= 4 is 11.6 Å². The summed E-state index contributed by atoms with van der Waals surface area (Å²) in [4.78, 5) is 11.8. The summed E-state index contributed by atoms with van der Waals surface area (Å²) in [7, 11) is 0. The number of nitrogens with one attached hydrogen (secondary N) is 2. The van der Waals surface area contributed by atoms with Gasteiger partial charge in [-0.15, -0.1) is 0 Å². The molecule has 0 atom stereocenters. The first-order valence-corrected chi connectivity index (χ1v) is 7.06. The van der Waals surface area contributed by atoms with Crippen LogP contribution < -0.4 is 15.4 Å². The van der Waals surface area contributed by atoms with Gasteiger partial charge in [0.25, 0.3) is 0 Å². The number of para-hydroxylation sites is 2. The fourth-order valence-corrected chi connectivity index (χ4v) is 1.93. The molecule has 0 aliphatic rings. The molecule has 4 heteroatoms. The molecule has 0 aliphatic heterocycles. The third-order valence-corrected chi connectivity index (χ3v) is 2.96. The number of carbonyl (C=O) groups excluding carboxylic acids is 1. The van der Waals surface area contributed by atoms with E-state index in [1.165, 1.54) is 0 Å². The van der Waals surface area contributed by atoms with E-state index < -0.39 is 0 Å². The van der Waals surface area contributed by atoms with Crippen LogP contribution in [0.5, 0.6) is 5.75 Å². The molecule has 21 heavy (non-hydrogen) atoms. The smallest absolute Gasteiger partial charge is 0.239 e. The number of amides is 1. The van der Waals surface area contributed by atoms with Gasteiger partial charge in [-0.05, 0) is 24.6 Å². The predicted octanol–water partition coefficient (Wildman–Crippen LogP) is 2.81. The number of benzene rings is 2. The summed E-state index contributed by atoms with van der Waals surface area (Å²) in [6, 6.07) is 17.4. The van der Waals surface area contributed by atoms with E-state index in [1.54, 1.807) is 0 Å². The Kier molecular flexibility index (Phi) is 5.64. The molecule has 0 radical (unpaired) electrons. The second kappa shape index (κ2) is 7.94. The minimum atomic E-state index is -0.0508. The maximum Gasteiger partial charge on any atom is 0.239 e. The summed E-state index contributed by atoms with van der Waals surface area (Å²) >= 11 is 0. The summed E-state index contributed by atoms with van der Waals surface area (Å²) < 4.78 is 5.50. The van der Waals surface area contributed by atoms with E-state index in [-0.39, 0.29) is 12.5 Å². The van der Waals surface area contributed by atoms with Crippen LogP contribution >= 0.6 is 0 Å². The Labute approximate surface area is 125 Å². The summed E-state index contributed by atoms with van der Waals surface area (Å²) in [6.45, 7) is 3.29. The van der Waals surface area contributed by atoms with Crippen LogP contribution in [0.2, 0.25) is 0 Å². The Morgan fingerprint density at radius 2 is 1.76 bits per heavy atom. The highest BCUT2D eigenvalue weighted by atomic mass is 16.5. The van der Waals surface area contributed by atoms with Crippen molar-refractivity contribution in [2.45, 2.75) is 13.5 Å². The van der Waals surface area contributed by atoms with E-state index in [4.69, 9.17) is 4.74 Å². The number of ether oxygens (including phenoxy) is 1. The minimum absolute atomic E-state index is 0.0508. The van der Waals surface area contributed by atoms with E-state index >= 15 is 0 Å². The van der Waals surface area contributed by atoms with E-state index in [9.17, 15) is 4.79 Å². The van der Waals surface area contributed by atoms with Crippen LogP contribution in [0.3, 0.4) is 0 Å². The van der Waals surface area contributed by atoms with Gasteiger partial charge in [-0.1, -0.05) is 42.5 Å². The lowest BCUT2D eigenvalue weighted by molar-refractivity contribution is -0.119. The van der Waals surface area contributed by atoms with Gasteiger partial charge in [0.2, 0.25) is 5.91 Å². The van der Waals surface area contributed by atoms with Gasteiger partial charge in [-0.3, -0.25) is 4.79 Å². The van der Waals surface area contributed by atoms with Gasteiger partial charge in [0.1, 0.15) is 5.75 Å². The first-order valence-electron chi connectivity index (χ1n) is 7.06. The lowest BCUT2D eigenvalue weighted by atomic mass is 10.2. The van der Waals surface area contributed by atoms with Gasteiger partial charge in [0.15, 0.2) is 0 Å². The molecule has 0 spiro atoms. The zero-order chi connectivity index (χ0) is 14.9. The van der Waals surface area contributed by atoms with Crippen LogP contribution in [-0.2, 0) is 11.3 Å². The fourth-order valence-electron chi connectivity index (χ4n) is 1.93. The lowest BCUT2D eigenvalue weighted by Crippen LogP contribution is -2.29. The highest BCUT2D eigenvalue weighted by Crippen LogP contribution is 2.23. The van der Waals surface area contributed by atoms with Crippen molar-refractivity contribution in [1.82, 2.24) is 5.32 Å². The second-order valence-electron chi connectivity index (χ2n) is 4.55. The Hall–Kier alpha value is -2.49. The zero-order valence-electron chi connectivity index (χ0n) is 12.1. The van der Waals surface area contributed by atoms with Gasteiger partial charge in [0.05, 0.1) is 18.8 Å². The molecule has 4 nitrogen and oxygen atoms in total. The van der Waals surface area contributed by atoms with Gasteiger partial charge in [0, 0.05) is 6.54 Å². The van der Waals surface area contributed by atoms with E-state index in [2.05, 4.69) is 10.6 Å². The van der Waals surface area contributed by atoms with Crippen molar-refractivity contribution in [2.75, 3.05) is 18.5 Å². The van der Waals surface area contributed by atoms with Crippen molar-refractivity contribution in [2.24, 2.45) is 0 Å². The van der Waals surface area contributed by atoms with Crippen molar-refractivity contribution in [3.63, 3.8) is 0 Å². The summed E-state index contributed by atoms with van der Waals surface area (Å²) in [5.41, 5.74) is 1.91. The molecule has 0 saturated carbocycles. The number of rotatable bonds is 7. The Morgan fingerprint density at radius 3 is 2.52 bits per heavy atom. The van der Waals surface area contributed by atoms with Crippen LogP contribution in [0.25, 0.3) is 0 Å². The molecular formula is C17H20N2O2. The largest absolute Gasteiger partial charge is 0.492 e. The summed E-state index contributed by atoms with van der Waals surface area (Å²) in [5, 5.41) is 5.98. The molecule has 2 N–H and O–H groups in total. The molecule has 2 rings (SSSR count).